The molecule has 51 heavy (non-hydrogen) atoms. The van der Waals surface area contributed by atoms with Crippen molar-refractivity contribution in [1.29, 1.82) is 0 Å². The van der Waals surface area contributed by atoms with Crippen molar-refractivity contribution in [2.24, 2.45) is 5.92 Å². The van der Waals surface area contributed by atoms with Crippen LogP contribution in [-0.2, 0) is 19.1 Å². The van der Waals surface area contributed by atoms with Crippen molar-refractivity contribution in [3.8, 4) is 0 Å². The summed E-state index contributed by atoms with van der Waals surface area (Å²) in [6.45, 7) is 12.2. The Balaban J connectivity index is 4.07. The lowest BCUT2D eigenvalue weighted by Gasteiger charge is -2.21. The molecule has 0 aliphatic heterocycles. The minimum absolute atomic E-state index is 0.0136. The number of hydrogen-bond acceptors (Lipinski definition) is 6. The van der Waals surface area contributed by atoms with Crippen LogP contribution in [0.5, 0.6) is 0 Å². The summed E-state index contributed by atoms with van der Waals surface area (Å²) < 4.78 is 11.6. The molecule has 0 bridgehead atoms. The van der Waals surface area contributed by atoms with Gasteiger partial charge in [0.2, 0.25) is 0 Å². The second kappa shape index (κ2) is 40.1. The number of ether oxygens (including phenoxy) is 2. The van der Waals surface area contributed by atoms with Gasteiger partial charge in [-0.25, -0.2) is 0 Å². The van der Waals surface area contributed by atoms with Crippen LogP contribution >= 0.6 is 0 Å². The molecule has 0 fully saturated rings. The highest BCUT2D eigenvalue weighted by Gasteiger charge is 2.19. The third-order valence-corrected chi connectivity index (χ3v) is 10.6. The van der Waals surface area contributed by atoms with E-state index < -0.39 is 0 Å². The molecule has 0 radical (unpaired) electrons. The van der Waals surface area contributed by atoms with Crippen molar-refractivity contribution < 1.29 is 24.2 Å². The number of aliphatic hydroxyl groups is 1. The predicted molar refractivity (Wildman–Crippen MR) is 218 cm³/mol. The largest absolute Gasteiger partial charge is 0.466 e. The molecule has 0 saturated carbocycles. The van der Waals surface area contributed by atoms with E-state index >= 15 is 0 Å². The van der Waals surface area contributed by atoms with Gasteiger partial charge in [-0.1, -0.05) is 163 Å². The quantitative estimate of drug-likeness (QED) is 0.0500. The molecule has 0 amide bonds. The fraction of sp³-hybridized carbons (Fsp3) is 0.956. The van der Waals surface area contributed by atoms with Crippen LogP contribution in [0.3, 0.4) is 0 Å². The average Bonchev–Trinajstić information content (AvgIpc) is 3.12. The maximum atomic E-state index is 13.0. The van der Waals surface area contributed by atoms with Crippen molar-refractivity contribution >= 4 is 11.9 Å². The summed E-state index contributed by atoms with van der Waals surface area (Å²) in [4.78, 5) is 27.4. The normalized spacial score (nSPS) is 12.2. The van der Waals surface area contributed by atoms with E-state index in [9.17, 15) is 14.7 Å². The van der Waals surface area contributed by atoms with Gasteiger partial charge in [0.1, 0.15) is 6.10 Å². The number of nitrogens with zero attached hydrogens (tertiary/aromatic N) is 1. The van der Waals surface area contributed by atoms with Gasteiger partial charge in [0.15, 0.2) is 0 Å². The second-order valence-electron chi connectivity index (χ2n) is 15.7. The van der Waals surface area contributed by atoms with Crippen LogP contribution in [0.15, 0.2) is 0 Å². The summed E-state index contributed by atoms with van der Waals surface area (Å²) in [6.07, 6.45) is 37.8. The molecule has 0 saturated heterocycles. The summed E-state index contributed by atoms with van der Waals surface area (Å²) in [7, 11) is 0. The average molecular weight is 724 g/mol. The zero-order chi connectivity index (χ0) is 37.5. The van der Waals surface area contributed by atoms with Crippen LogP contribution in [-0.4, -0.2) is 60.9 Å². The molecule has 6 nitrogen and oxygen atoms in total. The Labute approximate surface area is 318 Å². The van der Waals surface area contributed by atoms with Gasteiger partial charge in [-0.15, -0.1) is 0 Å². The maximum absolute atomic E-state index is 13.0. The van der Waals surface area contributed by atoms with Crippen molar-refractivity contribution in [2.75, 3.05) is 32.8 Å². The van der Waals surface area contributed by atoms with E-state index in [4.69, 9.17) is 9.47 Å². The lowest BCUT2D eigenvalue weighted by atomic mass is 10.0. The van der Waals surface area contributed by atoms with E-state index in [0.717, 1.165) is 96.7 Å². The van der Waals surface area contributed by atoms with Crippen LogP contribution in [0.25, 0.3) is 0 Å². The number of esters is 2. The Hall–Kier alpha value is -1.14. The van der Waals surface area contributed by atoms with Crippen LogP contribution in [0, 0.1) is 5.92 Å². The van der Waals surface area contributed by atoms with Crippen molar-refractivity contribution in [3.05, 3.63) is 0 Å². The molecule has 0 spiro atoms. The van der Waals surface area contributed by atoms with Crippen molar-refractivity contribution in [1.82, 2.24) is 4.90 Å². The number of carbonyl (C=O) groups excluding carboxylic acids is 2. The van der Waals surface area contributed by atoms with Gasteiger partial charge in [-0.05, 0) is 77.3 Å². The molecule has 1 N–H and O–H groups in total. The van der Waals surface area contributed by atoms with Gasteiger partial charge < -0.3 is 19.5 Å². The molecule has 0 aliphatic carbocycles. The first-order chi connectivity index (χ1) is 25.0. The van der Waals surface area contributed by atoms with Gasteiger partial charge in [0, 0.05) is 13.0 Å². The topological polar surface area (TPSA) is 76.1 Å². The lowest BCUT2D eigenvalue weighted by molar-refractivity contribution is -0.154. The summed E-state index contributed by atoms with van der Waals surface area (Å²) >= 11 is 0. The van der Waals surface area contributed by atoms with Crippen LogP contribution < -0.4 is 0 Å². The van der Waals surface area contributed by atoms with E-state index in [2.05, 4.69) is 32.6 Å². The highest BCUT2D eigenvalue weighted by atomic mass is 16.5. The maximum Gasteiger partial charge on any atom is 0.308 e. The third-order valence-electron chi connectivity index (χ3n) is 10.6. The summed E-state index contributed by atoms with van der Waals surface area (Å²) in [6, 6.07) is 0. The highest BCUT2D eigenvalue weighted by molar-refractivity contribution is 5.72. The van der Waals surface area contributed by atoms with Crippen LogP contribution in [0.1, 0.15) is 233 Å². The van der Waals surface area contributed by atoms with E-state index in [1.54, 1.807) is 0 Å². The number of rotatable bonds is 41. The first-order valence-electron chi connectivity index (χ1n) is 22.7. The van der Waals surface area contributed by atoms with Gasteiger partial charge >= 0.3 is 11.9 Å². The molecule has 0 aromatic heterocycles. The fourth-order valence-electron chi connectivity index (χ4n) is 7.03. The van der Waals surface area contributed by atoms with E-state index in [1.807, 2.05) is 0 Å². The zero-order valence-electron chi connectivity index (χ0n) is 34.8. The van der Waals surface area contributed by atoms with Gasteiger partial charge in [0.25, 0.3) is 0 Å². The second-order valence-corrected chi connectivity index (χ2v) is 15.7. The van der Waals surface area contributed by atoms with E-state index in [1.165, 1.54) is 122 Å². The molecule has 0 aliphatic rings. The van der Waals surface area contributed by atoms with Crippen LogP contribution in [0.4, 0.5) is 0 Å². The van der Waals surface area contributed by atoms with E-state index in [-0.39, 0.29) is 30.6 Å². The number of hydrogen-bond donors (Lipinski definition) is 1. The summed E-state index contributed by atoms with van der Waals surface area (Å²) in [5.74, 6) is -0.0522. The molecule has 0 rings (SSSR count). The Bertz CT molecular complexity index is 715. The first kappa shape index (κ1) is 49.9. The molecular weight excluding hydrogens is 634 g/mol. The molecule has 1 unspecified atom stereocenters. The first-order valence-corrected chi connectivity index (χ1v) is 22.7. The molecule has 6 heteroatoms. The Morgan fingerprint density at radius 2 is 0.922 bits per heavy atom. The minimum Gasteiger partial charge on any atom is -0.466 e. The molecule has 0 aromatic carbocycles. The molecule has 0 heterocycles. The Morgan fingerprint density at radius 3 is 1.41 bits per heavy atom. The standard InChI is InChI=1S/C45H89NO5/c1-5-8-11-14-17-18-19-22-29-36-44(48)50-41-32-25-31-38-46(39-40-47)37-30-24-23-26-33-42(4)45(49)51-43(34-27-20-15-12-9-6-2)35-28-21-16-13-10-7-3/h42-43,47H,5-41H2,1-4H3. The van der Waals surface area contributed by atoms with Crippen molar-refractivity contribution in [3.63, 3.8) is 0 Å². The van der Waals surface area contributed by atoms with Gasteiger partial charge in [-0.2, -0.15) is 0 Å². The molecule has 304 valence electrons. The van der Waals surface area contributed by atoms with E-state index in [0.29, 0.717) is 13.0 Å². The fourth-order valence-corrected chi connectivity index (χ4v) is 7.03. The van der Waals surface area contributed by atoms with Gasteiger partial charge in [-0.3, -0.25) is 9.59 Å². The molecular formula is C45H89NO5. The number of unbranched alkanes of at least 4 members (excludes halogenated alkanes) is 23. The zero-order valence-corrected chi connectivity index (χ0v) is 34.8. The SMILES string of the molecule is CCCCCCCCCCCC(=O)OCCCCCN(CCO)CCCCCCC(C)C(=O)OC(CCCCCCCC)CCCCCCCC. The number of aliphatic hydroxyl groups excluding tert-OH is 1. The van der Waals surface area contributed by atoms with Crippen LogP contribution in [0.2, 0.25) is 0 Å². The highest BCUT2D eigenvalue weighted by Crippen LogP contribution is 2.20. The summed E-state index contributed by atoms with van der Waals surface area (Å²) in [5.41, 5.74) is 0. The lowest BCUT2D eigenvalue weighted by Crippen LogP contribution is -2.29. The monoisotopic (exact) mass is 724 g/mol. The van der Waals surface area contributed by atoms with Gasteiger partial charge in [0.05, 0.1) is 19.1 Å². The summed E-state index contributed by atoms with van der Waals surface area (Å²) in [5, 5.41) is 9.56. The predicted octanol–water partition coefficient (Wildman–Crippen LogP) is 12.9. The minimum atomic E-state index is -0.0395. The molecule has 0 aromatic rings. The smallest absolute Gasteiger partial charge is 0.308 e. The Kier molecular flexibility index (Phi) is 39.2. The third kappa shape index (κ3) is 35.6. The molecule has 1 atom stereocenters. The number of carbonyl (C=O) groups is 2. The Morgan fingerprint density at radius 1 is 0.510 bits per heavy atom. The van der Waals surface area contributed by atoms with Crippen molar-refractivity contribution in [2.45, 2.75) is 239 Å².